The summed E-state index contributed by atoms with van der Waals surface area (Å²) in [4.78, 5) is 4.93. The van der Waals surface area contributed by atoms with Gasteiger partial charge in [-0.3, -0.25) is 9.58 Å². The third kappa shape index (κ3) is 3.62. The summed E-state index contributed by atoms with van der Waals surface area (Å²) in [5, 5.41) is 4.64. The Balaban J connectivity index is 1.32. The zero-order valence-corrected chi connectivity index (χ0v) is 14.2. The Morgan fingerprint density at radius 2 is 1.75 bits per heavy atom. The summed E-state index contributed by atoms with van der Waals surface area (Å²) in [5.41, 5.74) is 2.65. The number of likely N-dealkylation sites (tertiary alicyclic amines) is 1. The summed E-state index contributed by atoms with van der Waals surface area (Å²) in [6.45, 7) is 6.94. The summed E-state index contributed by atoms with van der Waals surface area (Å²) >= 11 is 0. The summed E-state index contributed by atoms with van der Waals surface area (Å²) < 4.78 is 7.62. The van der Waals surface area contributed by atoms with Crippen molar-refractivity contribution in [1.29, 1.82) is 0 Å². The first-order valence-electron chi connectivity index (χ1n) is 9.01. The number of ether oxygens (including phenoxy) is 1. The molecule has 2 aliphatic heterocycles. The lowest BCUT2D eigenvalue weighted by molar-refractivity contribution is 0.122. The van der Waals surface area contributed by atoms with Crippen molar-refractivity contribution in [3.8, 4) is 0 Å². The van der Waals surface area contributed by atoms with E-state index in [1.807, 2.05) is 6.20 Å². The second-order valence-electron chi connectivity index (χ2n) is 6.77. The fourth-order valence-corrected chi connectivity index (χ4v) is 3.70. The van der Waals surface area contributed by atoms with Crippen molar-refractivity contribution in [2.45, 2.75) is 25.4 Å². The molecule has 2 fully saturated rings. The van der Waals surface area contributed by atoms with Crippen molar-refractivity contribution in [3.63, 3.8) is 0 Å². The maximum atomic E-state index is 5.43. The highest BCUT2D eigenvalue weighted by atomic mass is 16.5. The smallest absolute Gasteiger partial charge is 0.0754 e. The molecule has 0 bridgehead atoms. The zero-order valence-electron chi connectivity index (χ0n) is 14.2. The van der Waals surface area contributed by atoms with E-state index < -0.39 is 0 Å². The van der Waals surface area contributed by atoms with E-state index in [9.17, 15) is 0 Å². The van der Waals surface area contributed by atoms with Crippen molar-refractivity contribution < 1.29 is 4.74 Å². The van der Waals surface area contributed by atoms with Gasteiger partial charge in [0.1, 0.15) is 0 Å². The zero-order chi connectivity index (χ0) is 16.2. The fourth-order valence-electron chi connectivity index (χ4n) is 3.70. The molecule has 3 heterocycles. The van der Waals surface area contributed by atoms with Crippen LogP contribution in [0.25, 0.3) is 0 Å². The number of nitrogens with zero attached hydrogens (tertiary/aromatic N) is 4. The van der Waals surface area contributed by atoms with Crippen LogP contribution >= 0.6 is 0 Å². The standard InChI is InChI=1S/C19H26N4O/c1-2-4-17(5-3-1)15-21-8-6-18(7-9-21)23-16-19(14-20-23)22-10-12-24-13-11-22/h1-5,14,16,18H,6-13,15H2. The van der Waals surface area contributed by atoms with Gasteiger partial charge in [0, 0.05) is 38.9 Å². The number of morpholine rings is 1. The maximum Gasteiger partial charge on any atom is 0.0754 e. The van der Waals surface area contributed by atoms with Crippen molar-refractivity contribution in [2.24, 2.45) is 0 Å². The van der Waals surface area contributed by atoms with Crippen molar-refractivity contribution in [3.05, 3.63) is 48.3 Å². The van der Waals surface area contributed by atoms with Crippen LogP contribution in [0.4, 0.5) is 5.69 Å². The van der Waals surface area contributed by atoms with Crippen LogP contribution in [0.2, 0.25) is 0 Å². The first kappa shape index (κ1) is 15.7. The molecule has 0 unspecified atom stereocenters. The number of anilines is 1. The molecule has 0 atom stereocenters. The van der Waals surface area contributed by atoms with E-state index in [-0.39, 0.29) is 0 Å². The Hall–Kier alpha value is -1.85. The fraction of sp³-hybridized carbons (Fsp3) is 0.526. The average molecular weight is 326 g/mol. The molecule has 5 heteroatoms. The molecule has 0 spiro atoms. The van der Waals surface area contributed by atoms with Crippen LogP contribution in [-0.2, 0) is 11.3 Å². The summed E-state index contributed by atoms with van der Waals surface area (Å²) in [6.07, 6.45) is 6.60. The van der Waals surface area contributed by atoms with Gasteiger partial charge in [-0.2, -0.15) is 5.10 Å². The van der Waals surface area contributed by atoms with Gasteiger partial charge in [-0.1, -0.05) is 30.3 Å². The van der Waals surface area contributed by atoms with Gasteiger partial charge in [-0.25, -0.2) is 0 Å². The molecule has 0 saturated carbocycles. The largest absolute Gasteiger partial charge is 0.378 e. The number of rotatable bonds is 4. The molecule has 24 heavy (non-hydrogen) atoms. The molecule has 128 valence electrons. The normalized spacial score (nSPS) is 20.4. The van der Waals surface area contributed by atoms with Gasteiger partial charge in [0.25, 0.3) is 0 Å². The third-order valence-electron chi connectivity index (χ3n) is 5.14. The van der Waals surface area contributed by atoms with E-state index >= 15 is 0 Å². The molecule has 4 rings (SSSR count). The van der Waals surface area contributed by atoms with Gasteiger partial charge in [-0.05, 0) is 18.4 Å². The molecule has 2 aromatic rings. The van der Waals surface area contributed by atoms with Crippen LogP contribution in [-0.4, -0.2) is 54.1 Å². The summed E-state index contributed by atoms with van der Waals surface area (Å²) in [6, 6.07) is 11.3. The number of aromatic nitrogens is 2. The molecule has 5 nitrogen and oxygen atoms in total. The Kier molecular flexibility index (Phi) is 4.81. The minimum absolute atomic E-state index is 0.534. The van der Waals surface area contributed by atoms with Gasteiger partial charge in [-0.15, -0.1) is 0 Å². The molecule has 0 N–H and O–H groups in total. The summed E-state index contributed by atoms with van der Waals surface area (Å²) in [7, 11) is 0. The first-order valence-corrected chi connectivity index (χ1v) is 9.01. The predicted molar refractivity (Wildman–Crippen MR) is 95.2 cm³/mol. The van der Waals surface area contributed by atoms with Crippen LogP contribution in [0, 0.1) is 0 Å². The molecule has 0 aliphatic carbocycles. The minimum atomic E-state index is 0.534. The lowest BCUT2D eigenvalue weighted by atomic mass is 10.0. The van der Waals surface area contributed by atoms with Crippen LogP contribution in [0.15, 0.2) is 42.7 Å². The highest BCUT2D eigenvalue weighted by Gasteiger charge is 2.22. The Labute approximate surface area is 143 Å². The van der Waals surface area contributed by atoms with Gasteiger partial charge >= 0.3 is 0 Å². The lowest BCUT2D eigenvalue weighted by Gasteiger charge is -2.32. The minimum Gasteiger partial charge on any atom is -0.378 e. The van der Waals surface area contributed by atoms with Crippen LogP contribution in [0.5, 0.6) is 0 Å². The van der Waals surface area contributed by atoms with Crippen LogP contribution in [0.1, 0.15) is 24.4 Å². The predicted octanol–water partition coefficient (Wildman–Crippen LogP) is 2.56. The average Bonchev–Trinajstić information content (AvgIpc) is 3.14. The Morgan fingerprint density at radius 3 is 2.50 bits per heavy atom. The summed E-state index contributed by atoms with van der Waals surface area (Å²) in [5.74, 6) is 0. The molecule has 1 aromatic heterocycles. The molecule has 0 radical (unpaired) electrons. The maximum absolute atomic E-state index is 5.43. The highest BCUT2D eigenvalue weighted by molar-refractivity contribution is 5.42. The molecular formula is C19H26N4O. The van der Waals surface area contributed by atoms with Crippen LogP contribution < -0.4 is 4.90 Å². The monoisotopic (exact) mass is 326 g/mol. The van der Waals surface area contributed by atoms with E-state index in [1.165, 1.54) is 24.1 Å². The van der Waals surface area contributed by atoms with Gasteiger partial charge in [0.15, 0.2) is 0 Å². The number of benzene rings is 1. The van der Waals surface area contributed by atoms with Gasteiger partial charge in [0.05, 0.1) is 31.1 Å². The molecule has 1 aromatic carbocycles. The molecule has 2 saturated heterocycles. The number of hydrogen-bond donors (Lipinski definition) is 0. The molecular weight excluding hydrogens is 300 g/mol. The first-order chi connectivity index (χ1) is 11.9. The lowest BCUT2D eigenvalue weighted by Crippen LogP contribution is -2.36. The van der Waals surface area contributed by atoms with E-state index in [0.717, 1.165) is 45.9 Å². The molecule has 2 aliphatic rings. The van der Waals surface area contributed by atoms with E-state index in [4.69, 9.17) is 4.74 Å². The molecule has 0 amide bonds. The topological polar surface area (TPSA) is 33.5 Å². The second-order valence-corrected chi connectivity index (χ2v) is 6.77. The SMILES string of the molecule is c1ccc(CN2CCC(n3cc(N4CCOCC4)cn3)CC2)cc1. The van der Waals surface area contributed by atoms with E-state index in [1.54, 1.807) is 0 Å². The van der Waals surface area contributed by atoms with Crippen LogP contribution in [0.3, 0.4) is 0 Å². The third-order valence-corrected chi connectivity index (χ3v) is 5.14. The van der Waals surface area contributed by atoms with E-state index in [0.29, 0.717) is 6.04 Å². The number of hydrogen-bond acceptors (Lipinski definition) is 4. The van der Waals surface area contributed by atoms with Crippen molar-refractivity contribution in [2.75, 3.05) is 44.3 Å². The van der Waals surface area contributed by atoms with Gasteiger partial charge in [0.2, 0.25) is 0 Å². The second kappa shape index (κ2) is 7.36. The Bertz CT molecular complexity index is 628. The van der Waals surface area contributed by atoms with Crippen molar-refractivity contribution >= 4 is 5.69 Å². The van der Waals surface area contributed by atoms with E-state index in [2.05, 4.69) is 56.1 Å². The Morgan fingerprint density at radius 1 is 1.00 bits per heavy atom. The van der Waals surface area contributed by atoms with Gasteiger partial charge < -0.3 is 9.64 Å². The highest BCUT2D eigenvalue weighted by Crippen LogP contribution is 2.25. The van der Waals surface area contributed by atoms with Crippen molar-refractivity contribution in [1.82, 2.24) is 14.7 Å². The number of piperidine rings is 1. The quantitative estimate of drug-likeness (QED) is 0.865.